The van der Waals surface area contributed by atoms with Crippen LogP contribution in [0.2, 0.25) is 6.04 Å². The van der Waals surface area contributed by atoms with Gasteiger partial charge in [0.1, 0.15) is 0 Å². The molecule has 0 aromatic heterocycles. The number of hydrogen-bond acceptors (Lipinski definition) is 5. The third kappa shape index (κ3) is 51.0. The number of rotatable bonds is 60. The Balaban J connectivity index is 5.05. The van der Waals surface area contributed by atoms with Gasteiger partial charge in [0.25, 0.3) is 0 Å². The van der Waals surface area contributed by atoms with E-state index in [2.05, 4.69) is 40.1 Å². The molecule has 0 amide bonds. The molecule has 0 bridgehead atoms. The van der Waals surface area contributed by atoms with Crippen molar-refractivity contribution >= 4 is 26.2 Å². The highest BCUT2D eigenvalue weighted by atomic mass is 32.2. The first-order valence-corrected chi connectivity index (χ1v) is 34.4. The van der Waals surface area contributed by atoms with E-state index in [1.54, 1.807) is 11.8 Å². The van der Waals surface area contributed by atoms with Crippen LogP contribution in [-0.4, -0.2) is 46.0 Å². The predicted molar refractivity (Wildman–Crippen MR) is 311 cm³/mol. The second kappa shape index (κ2) is 58.0. The highest BCUT2D eigenvalue weighted by Crippen LogP contribution is 2.26. The highest BCUT2D eigenvalue weighted by molar-refractivity contribution is 8.13. The van der Waals surface area contributed by atoms with E-state index in [1.807, 2.05) is 0 Å². The quantitative estimate of drug-likeness (QED) is 0.0486. The highest BCUT2D eigenvalue weighted by Gasteiger charge is 2.29. The lowest BCUT2D eigenvalue weighted by Crippen LogP contribution is -2.49. The van der Waals surface area contributed by atoms with Crippen molar-refractivity contribution in [3.63, 3.8) is 0 Å². The van der Waals surface area contributed by atoms with E-state index >= 15 is 0 Å². The minimum atomic E-state index is -1.85. The smallest absolute Gasteiger partial charge is 0.321 e. The zero-order valence-corrected chi connectivity index (χ0v) is 49.6. The first-order chi connectivity index (χ1) is 33.6. The van der Waals surface area contributed by atoms with Crippen molar-refractivity contribution in [2.45, 2.75) is 367 Å². The molecule has 1 N–H and O–H groups in total. The maximum atomic E-state index is 12.7. The summed E-state index contributed by atoms with van der Waals surface area (Å²) < 4.78 is 13.7. The fraction of sp³-hybridized carbons (Fsp3) is 0.984. The third-order valence-electron chi connectivity index (χ3n) is 15.2. The van der Waals surface area contributed by atoms with Crippen molar-refractivity contribution in [1.82, 2.24) is 5.32 Å². The molecule has 0 aliphatic heterocycles. The number of unbranched alkanes of at least 4 members (excludes halogenated alkanes) is 43. The molecule has 0 radical (unpaired) electrons. The van der Waals surface area contributed by atoms with Crippen LogP contribution in [0, 0.1) is 0 Å². The van der Waals surface area contributed by atoms with Crippen LogP contribution in [0.25, 0.3) is 0 Å². The summed E-state index contributed by atoms with van der Waals surface area (Å²) in [5.74, 6) is 0.915. The fourth-order valence-electron chi connectivity index (χ4n) is 10.3. The molecule has 408 valence electrons. The zero-order valence-electron chi connectivity index (χ0n) is 47.6. The number of hydrogen-bond donors (Lipinski definition) is 1. The lowest BCUT2D eigenvalue weighted by Gasteiger charge is -2.35. The molecule has 1 atom stereocenters. The average molecular weight is 995 g/mol. The molecule has 68 heavy (non-hydrogen) atoms. The first-order valence-electron chi connectivity index (χ1n) is 31.6. The van der Waals surface area contributed by atoms with Gasteiger partial charge in [0.15, 0.2) is 5.12 Å². The number of carbonyl (C=O) groups excluding carboxylic acids is 1. The summed E-state index contributed by atoms with van der Waals surface area (Å²) in [6, 6.07) is 1.02. The molecule has 0 fully saturated rings. The van der Waals surface area contributed by atoms with Crippen LogP contribution in [0.3, 0.4) is 0 Å². The largest absolute Gasteiger partial charge is 0.397 e. The van der Waals surface area contributed by atoms with Gasteiger partial charge in [-0.2, -0.15) is 0 Å². The van der Waals surface area contributed by atoms with Gasteiger partial charge < -0.3 is 14.2 Å². The minimum absolute atomic E-state index is 0.0419. The van der Waals surface area contributed by atoms with Crippen LogP contribution < -0.4 is 5.32 Å². The summed E-state index contributed by atoms with van der Waals surface area (Å²) in [6.07, 6.45) is 69.1. The maximum absolute atomic E-state index is 12.7. The van der Waals surface area contributed by atoms with E-state index in [-0.39, 0.29) is 5.54 Å². The van der Waals surface area contributed by atoms with Crippen LogP contribution in [-0.2, 0) is 13.6 Å². The Morgan fingerprint density at radius 1 is 0.382 bits per heavy atom. The van der Waals surface area contributed by atoms with Crippen molar-refractivity contribution in [2.75, 3.05) is 26.0 Å². The molecule has 0 aliphatic rings. The van der Waals surface area contributed by atoms with Crippen LogP contribution in [0.1, 0.15) is 355 Å². The standard InChI is InChI=1S/C62H127NO3SSi/c1-6-10-14-18-21-24-27-29-31-33-35-37-39-42-46-50-55-62(63-5,56-51-47-43-40-38-36-34-32-30-28-25-22-19-15-11-7-2)60-66-68(59-53-58-67-61(64)54-49-45-17-13-9-4)65-57-52-48-44-41-26-23-20-16-12-8-3/h63,68H,6-60H2,1-5H3. The van der Waals surface area contributed by atoms with Crippen molar-refractivity contribution in [3.8, 4) is 0 Å². The Morgan fingerprint density at radius 2 is 0.676 bits per heavy atom. The van der Waals surface area contributed by atoms with Gasteiger partial charge in [-0.15, -0.1) is 0 Å². The SMILES string of the molecule is CCCCCCCCCCCCCCCCCCC(CCCCCCCCCCCCCCCCCC)(CO[SiH](CCCSC(=O)CCCCCCC)OCCCCCCCCCCCC)NC. The van der Waals surface area contributed by atoms with E-state index in [9.17, 15) is 4.79 Å². The Kier molecular flexibility index (Phi) is 58.1. The molecule has 0 spiro atoms. The zero-order chi connectivity index (χ0) is 49.4. The maximum Gasteiger partial charge on any atom is 0.321 e. The Bertz CT molecular complexity index is 917. The molecule has 6 heteroatoms. The second-order valence-electron chi connectivity index (χ2n) is 22.0. The summed E-state index contributed by atoms with van der Waals surface area (Å²) >= 11 is 1.57. The fourth-order valence-corrected chi connectivity index (χ4v) is 13.3. The van der Waals surface area contributed by atoms with Gasteiger partial charge in [0.05, 0.1) is 6.61 Å². The Morgan fingerprint density at radius 3 is 1.00 bits per heavy atom. The van der Waals surface area contributed by atoms with Crippen molar-refractivity contribution < 1.29 is 13.6 Å². The summed E-state index contributed by atoms with van der Waals surface area (Å²) in [7, 11) is 0.365. The lowest BCUT2D eigenvalue weighted by molar-refractivity contribution is -0.111. The number of carbonyl (C=O) groups is 1. The Labute approximate surface area is 435 Å². The number of likely N-dealkylation sites (N-methyl/N-ethyl adjacent to an activating group) is 1. The summed E-state index contributed by atoms with van der Waals surface area (Å²) in [4.78, 5) is 12.7. The van der Waals surface area contributed by atoms with Gasteiger partial charge >= 0.3 is 9.28 Å². The van der Waals surface area contributed by atoms with Gasteiger partial charge in [-0.05, 0) is 45.2 Å². The van der Waals surface area contributed by atoms with Gasteiger partial charge in [0, 0.05) is 24.3 Å². The summed E-state index contributed by atoms with van der Waals surface area (Å²) in [6.45, 7) is 10.8. The van der Waals surface area contributed by atoms with Crippen molar-refractivity contribution in [1.29, 1.82) is 0 Å². The molecule has 0 saturated carbocycles. The molecule has 0 rings (SSSR count). The lowest BCUT2D eigenvalue weighted by atomic mass is 9.87. The normalized spacial score (nSPS) is 12.4. The topological polar surface area (TPSA) is 47.6 Å². The van der Waals surface area contributed by atoms with Crippen LogP contribution in [0.4, 0.5) is 0 Å². The molecule has 1 unspecified atom stereocenters. The third-order valence-corrected chi connectivity index (χ3v) is 18.3. The van der Waals surface area contributed by atoms with Crippen molar-refractivity contribution in [2.24, 2.45) is 0 Å². The Hall–Kier alpha value is 0.117. The molecule has 0 saturated heterocycles. The van der Waals surface area contributed by atoms with Crippen LogP contribution in [0.5, 0.6) is 0 Å². The van der Waals surface area contributed by atoms with Gasteiger partial charge in [-0.25, -0.2) is 0 Å². The van der Waals surface area contributed by atoms with Crippen LogP contribution >= 0.6 is 11.8 Å². The van der Waals surface area contributed by atoms with E-state index in [1.165, 1.54) is 302 Å². The summed E-state index contributed by atoms with van der Waals surface area (Å²) in [5, 5.41) is 4.28. The molecular weight excluding hydrogens is 867 g/mol. The summed E-state index contributed by atoms with van der Waals surface area (Å²) in [5.41, 5.74) is 0.0419. The molecule has 0 aliphatic carbocycles. The average Bonchev–Trinajstić information content (AvgIpc) is 3.35. The van der Waals surface area contributed by atoms with Crippen LogP contribution in [0.15, 0.2) is 0 Å². The number of nitrogens with one attached hydrogen (secondary N) is 1. The minimum Gasteiger partial charge on any atom is -0.397 e. The van der Waals surface area contributed by atoms with E-state index in [0.29, 0.717) is 5.12 Å². The van der Waals surface area contributed by atoms with E-state index in [4.69, 9.17) is 8.85 Å². The van der Waals surface area contributed by atoms with E-state index < -0.39 is 9.28 Å². The first kappa shape index (κ1) is 68.1. The molecule has 4 nitrogen and oxygen atoms in total. The second-order valence-corrected chi connectivity index (χ2v) is 25.2. The monoisotopic (exact) mass is 994 g/mol. The molecule has 0 aromatic rings. The van der Waals surface area contributed by atoms with Gasteiger partial charge in [-0.1, -0.05) is 328 Å². The molecule has 0 heterocycles. The predicted octanol–water partition coefficient (Wildman–Crippen LogP) is 21.4. The van der Waals surface area contributed by atoms with Gasteiger partial charge in [-0.3, -0.25) is 4.79 Å². The molecular formula is C62H127NO3SSi. The number of thioether (sulfide) groups is 1. The molecule has 0 aromatic carbocycles. The van der Waals surface area contributed by atoms with Crippen molar-refractivity contribution in [3.05, 3.63) is 0 Å². The van der Waals surface area contributed by atoms with E-state index in [0.717, 1.165) is 50.7 Å². The van der Waals surface area contributed by atoms with Gasteiger partial charge in [0.2, 0.25) is 0 Å².